The third-order valence-electron chi connectivity index (χ3n) is 4.49. The van der Waals surface area contributed by atoms with Gasteiger partial charge in [-0.3, -0.25) is 15.1 Å². The second kappa shape index (κ2) is 4.37. The molecule has 100 valence electrons. The first-order valence-electron chi connectivity index (χ1n) is 6.86. The standard InChI is InChI=1S/C15H19N3O/c1-18-13(19)15(17-14(18)16,12-9-5-6-10-12)11-7-3-2-4-8-11/h2-4,7-8,12H,5-6,9-10H2,1H3,(H2,16,17). The van der Waals surface area contributed by atoms with E-state index in [4.69, 9.17) is 5.41 Å². The van der Waals surface area contributed by atoms with Crippen LogP contribution in [0.25, 0.3) is 0 Å². The van der Waals surface area contributed by atoms with Crippen LogP contribution >= 0.6 is 0 Å². The van der Waals surface area contributed by atoms with Gasteiger partial charge >= 0.3 is 0 Å². The summed E-state index contributed by atoms with van der Waals surface area (Å²) in [5.74, 6) is 0.504. The summed E-state index contributed by atoms with van der Waals surface area (Å²) in [5.41, 5.74) is 0.268. The fourth-order valence-corrected chi connectivity index (χ4v) is 3.46. The Morgan fingerprint density at radius 1 is 1.26 bits per heavy atom. The number of hydrogen-bond donors (Lipinski definition) is 2. The van der Waals surface area contributed by atoms with E-state index in [1.807, 2.05) is 30.3 Å². The molecular formula is C15H19N3O. The number of benzene rings is 1. The first-order valence-corrected chi connectivity index (χ1v) is 6.86. The van der Waals surface area contributed by atoms with Gasteiger partial charge in [-0.05, 0) is 24.3 Å². The molecule has 1 heterocycles. The molecule has 1 saturated carbocycles. The largest absolute Gasteiger partial charge is 0.338 e. The van der Waals surface area contributed by atoms with Gasteiger partial charge in [-0.25, -0.2) is 0 Å². The normalized spacial score (nSPS) is 27.9. The van der Waals surface area contributed by atoms with Crippen molar-refractivity contribution in [3.63, 3.8) is 0 Å². The van der Waals surface area contributed by atoms with Crippen molar-refractivity contribution in [1.29, 1.82) is 5.41 Å². The lowest BCUT2D eigenvalue weighted by Crippen LogP contribution is -2.49. The monoisotopic (exact) mass is 257 g/mol. The third-order valence-corrected chi connectivity index (χ3v) is 4.49. The number of guanidine groups is 1. The summed E-state index contributed by atoms with van der Waals surface area (Å²) in [4.78, 5) is 14.2. The van der Waals surface area contributed by atoms with Crippen molar-refractivity contribution in [3.8, 4) is 0 Å². The molecule has 1 unspecified atom stereocenters. The van der Waals surface area contributed by atoms with Crippen molar-refractivity contribution in [3.05, 3.63) is 35.9 Å². The summed E-state index contributed by atoms with van der Waals surface area (Å²) in [5, 5.41) is 11.1. The van der Waals surface area contributed by atoms with Gasteiger partial charge in [0.05, 0.1) is 0 Å². The Labute approximate surface area is 113 Å². The first kappa shape index (κ1) is 12.2. The van der Waals surface area contributed by atoms with Crippen LogP contribution in [-0.4, -0.2) is 23.8 Å². The number of amides is 1. The first-order chi connectivity index (χ1) is 9.16. The molecule has 2 N–H and O–H groups in total. The molecular weight excluding hydrogens is 238 g/mol. The van der Waals surface area contributed by atoms with Gasteiger partial charge in [-0.2, -0.15) is 0 Å². The maximum absolute atomic E-state index is 12.7. The van der Waals surface area contributed by atoms with Gasteiger partial charge in [0.15, 0.2) is 5.96 Å². The number of nitrogens with zero attached hydrogens (tertiary/aromatic N) is 1. The van der Waals surface area contributed by atoms with E-state index in [0.717, 1.165) is 18.4 Å². The van der Waals surface area contributed by atoms with Gasteiger partial charge in [0.25, 0.3) is 5.91 Å². The number of likely N-dealkylation sites (N-methyl/N-ethyl adjacent to an activating group) is 1. The average molecular weight is 257 g/mol. The van der Waals surface area contributed by atoms with Crippen LogP contribution in [0.1, 0.15) is 31.2 Å². The molecule has 0 bridgehead atoms. The molecule has 0 radical (unpaired) electrons. The second-order valence-corrected chi connectivity index (χ2v) is 5.49. The van der Waals surface area contributed by atoms with E-state index < -0.39 is 5.54 Å². The smallest absolute Gasteiger partial charge is 0.259 e. The van der Waals surface area contributed by atoms with Crippen LogP contribution in [0.2, 0.25) is 0 Å². The van der Waals surface area contributed by atoms with Gasteiger partial charge in [-0.15, -0.1) is 0 Å². The molecule has 0 spiro atoms. The zero-order valence-corrected chi connectivity index (χ0v) is 11.1. The SMILES string of the molecule is CN1C(=N)NC(c2ccccc2)(C2CCCC2)C1=O. The molecule has 1 atom stereocenters. The van der Waals surface area contributed by atoms with E-state index >= 15 is 0 Å². The predicted molar refractivity (Wildman–Crippen MR) is 73.7 cm³/mol. The summed E-state index contributed by atoms with van der Waals surface area (Å²) < 4.78 is 0. The maximum atomic E-state index is 12.7. The highest BCUT2D eigenvalue weighted by Gasteiger charge is 2.54. The van der Waals surface area contributed by atoms with Crippen molar-refractivity contribution < 1.29 is 4.79 Å². The number of carbonyl (C=O) groups excluding carboxylic acids is 1. The molecule has 1 amide bonds. The van der Waals surface area contributed by atoms with E-state index in [0.29, 0.717) is 0 Å². The number of carbonyl (C=O) groups is 1. The van der Waals surface area contributed by atoms with E-state index in [2.05, 4.69) is 5.32 Å². The van der Waals surface area contributed by atoms with Crippen molar-refractivity contribution in [2.45, 2.75) is 31.2 Å². The van der Waals surface area contributed by atoms with Crippen molar-refractivity contribution >= 4 is 11.9 Å². The van der Waals surface area contributed by atoms with Crippen molar-refractivity contribution in [2.24, 2.45) is 5.92 Å². The van der Waals surface area contributed by atoms with Crippen LogP contribution in [0.3, 0.4) is 0 Å². The lowest BCUT2D eigenvalue weighted by atomic mass is 9.77. The van der Waals surface area contributed by atoms with Crippen LogP contribution in [0.5, 0.6) is 0 Å². The Bertz CT molecular complexity index is 507. The molecule has 4 heteroatoms. The molecule has 1 saturated heterocycles. The minimum atomic E-state index is -0.719. The Balaban J connectivity index is 2.11. The molecule has 1 aliphatic carbocycles. The molecule has 2 aliphatic rings. The van der Waals surface area contributed by atoms with Gasteiger partial charge in [0.2, 0.25) is 0 Å². The number of nitrogens with one attached hydrogen (secondary N) is 2. The lowest BCUT2D eigenvalue weighted by molar-refractivity contribution is -0.132. The van der Waals surface area contributed by atoms with Crippen LogP contribution in [0.4, 0.5) is 0 Å². The minimum Gasteiger partial charge on any atom is -0.338 e. The summed E-state index contributed by atoms with van der Waals surface area (Å²) in [6, 6.07) is 9.87. The molecule has 0 aromatic heterocycles. The van der Waals surface area contributed by atoms with Gasteiger partial charge in [0, 0.05) is 7.05 Å². The Morgan fingerprint density at radius 3 is 2.42 bits per heavy atom. The molecule has 1 aliphatic heterocycles. The highest BCUT2D eigenvalue weighted by atomic mass is 16.2. The summed E-state index contributed by atoms with van der Waals surface area (Å²) in [6.07, 6.45) is 4.44. The number of hydrogen-bond acceptors (Lipinski definition) is 2. The zero-order valence-electron chi connectivity index (χ0n) is 11.1. The average Bonchev–Trinajstić information content (AvgIpc) is 3.04. The van der Waals surface area contributed by atoms with Crippen LogP contribution < -0.4 is 5.32 Å². The van der Waals surface area contributed by atoms with Crippen LogP contribution in [0.15, 0.2) is 30.3 Å². The highest BCUT2D eigenvalue weighted by molar-refractivity contribution is 6.08. The van der Waals surface area contributed by atoms with Gasteiger partial charge in [-0.1, -0.05) is 43.2 Å². The van der Waals surface area contributed by atoms with E-state index in [9.17, 15) is 4.79 Å². The Kier molecular flexibility index (Phi) is 2.81. The molecule has 2 fully saturated rings. The Morgan fingerprint density at radius 2 is 1.89 bits per heavy atom. The van der Waals surface area contributed by atoms with E-state index in [-0.39, 0.29) is 17.8 Å². The molecule has 4 nitrogen and oxygen atoms in total. The fraction of sp³-hybridized carbons (Fsp3) is 0.467. The Hall–Kier alpha value is -1.84. The van der Waals surface area contributed by atoms with E-state index in [1.165, 1.54) is 17.7 Å². The van der Waals surface area contributed by atoms with Gasteiger partial charge in [0.1, 0.15) is 5.54 Å². The predicted octanol–water partition coefficient (Wildman–Crippen LogP) is 2.07. The van der Waals surface area contributed by atoms with Crippen LogP contribution in [-0.2, 0) is 10.3 Å². The van der Waals surface area contributed by atoms with Gasteiger partial charge < -0.3 is 5.32 Å². The maximum Gasteiger partial charge on any atom is 0.259 e. The summed E-state index contributed by atoms with van der Waals surface area (Å²) in [6.45, 7) is 0. The fourth-order valence-electron chi connectivity index (χ4n) is 3.46. The topological polar surface area (TPSA) is 56.2 Å². The van der Waals surface area contributed by atoms with Crippen molar-refractivity contribution in [1.82, 2.24) is 10.2 Å². The minimum absolute atomic E-state index is 0.00981. The zero-order chi connectivity index (χ0) is 13.5. The van der Waals surface area contributed by atoms with Crippen molar-refractivity contribution in [2.75, 3.05) is 7.05 Å². The second-order valence-electron chi connectivity index (χ2n) is 5.49. The molecule has 1 aromatic carbocycles. The summed E-state index contributed by atoms with van der Waals surface area (Å²) in [7, 11) is 1.68. The number of rotatable bonds is 2. The lowest BCUT2D eigenvalue weighted by Gasteiger charge is -2.33. The summed E-state index contributed by atoms with van der Waals surface area (Å²) >= 11 is 0. The highest BCUT2D eigenvalue weighted by Crippen LogP contribution is 2.43. The quantitative estimate of drug-likeness (QED) is 0.852. The molecule has 3 rings (SSSR count). The third kappa shape index (κ3) is 1.66. The molecule has 19 heavy (non-hydrogen) atoms. The van der Waals surface area contributed by atoms with Crippen LogP contribution in [0, 0.1) is 11.3 Å². The van der Waals surface area contributed by atoms with E-state index in [1.54, 1.807) is 7.05 Å². The molecule has 1 aromatic rings.